The summed E-state index contributed by atoms with van der Waals surface area (Å²) in [6.07, 6.45) is 3.63. The van der Waals surface area contributed by atoms with Crippen LogP contribution in [-0.4, -0.2) is 46.3 Å². The Morgan fingerprint density at radius 2 is 1.77 bits per heavy atom. The maximum Gasteiger partial charge on any atom is 0.261 e. The summed E-state index contributed by atoms with van der Waals surface area (Å²) in [7, 11) is 0. The molecule has 1 aromatic heterocycles. The van der Waals surface area contributed by atoms with Crippen LogP contribution >= 0.6 is 11.3 Å². The van der Waals surface area contributed by atoms with Crippen molar-refractivity contribution in [3.05, 3.63) is 78.4 Å². The highest BCUT2D eigenvalue weighted by molar-refractivity contribution is 7.21. The molecule has 7 nitrogen and oxygen atoms in total. The van der Waals surface area contributed by atoms with Gasteiger partial charge in [0, 0.05) is 11.6 Å². The summed E-state index contributed by atoms with van der Waals surface area (Å²) < 4.78 is 6.84. The van der Waals surface area contributed by atoms with Gasteiger partial charge >= 0.3 is 0 Å². The third kappa shape index (κ3) is 5.04. The second-order valence-corrected chi connectivity index (χ2v) is 11.2. The Kier molecular flexibility index (Phi) is 6.87. The van der Waals surface area contributed by atoms with Crippen molar-refractivity contribution in [1.82, 2.24) is 9.88 Å². The number of fused-ring (bicyclic) bond motifs is 1. The van der Waals surface area contributed by atoms with Gasteiger partial charge in [-0.25, -0.2) is 9.88 Å². The second kappa shape index (κ2) is 10.6. The molecule has 1 unspecified atom stereocenters. The highest BCUT2D eigenvalue weighted by Gasteiger charge is 2.46. The minimum Gasteiger partial charge on any atom is -0.484 e. The maximum absolute atomic E-state index is 13.7. The third-order valence-corrected chi connectivity index (χ3v) is 8.55. The Labute approximate surface area is 231 Å². The molecule has 39 heavy (non-hydrogen) atoms. The average Bonchev–Trinajstić information content (AvgIpc) is 3.68. The summed E-state index contributed by atoms with van der Waals surface area (Å²) in [5.74, 6) is -0.327. The van der Waals surface area contributed by atoms with E-state index in [0.717, 1.165) is 46.5 Å². The van der Waals surface area contributed by atoms with Crippen LogP contribution in [0.25, 0.3) is 20.8 Å². The number of para-hydroxylation sites is 1. The van der Waals surface area contributed by atoms with Gasteiger partial charge in [-0.15, -0.1) is 11.3 Å². The van der Waals surface area contributed by atoms with Crippen molar-refractivity contribution < 1.29 is 19.1 Å². The van der Waals surface area contributed by atoms with Gasteiger partial charge in [-0.05, 0) is 73.9 Å². The number of aryl methyl sites for hydroxylation is 1. The molecule has 2 fully saturated rings. The van der Waals surface area contributed by atoms with Crippen LogP contribution in [0.3, 0.4) is 0 Å². The first-order valence-electron chi connectivity index (χ1n) is 13.3. The molecule has 0 radical (unpaired) electrons. The van der Waals surface area contributed by atoms with Gasteiger partial charge in [0.25, 0.3) is 11.8 Å². The first-order chi connectivity index (χ1) is 19.0. The number of ether oxygens (including phenoxy) is 1. The van der Waals surface area contributed by atoms with E-state index in [2.05, 4.69) is 13.0 Å². The van der Waals surface area contributed by atoms with Gasteiger partial charge < -0.3 is 9.64 Å². The zero-order valence-electron chi connectivity index (χ0n) is 21.7. The van der Waals surface area contributed by atoms with Crippen LogP contribution in [0.5, 0.6) is 5.75 Å². The summed E-state index contributed by atoms with van der Waals surface area (Å²) in [5.41, 5.74) is 3.57. The van der Waals surface area contributed by atoms with Gasteiger partial charge in [0.05, 0.1) is 22.3 Å². The van der Waals surface area contributed by atoms with Gasteiger partial charge in [-0.2, -0.15) is 0 Å². The van der Waals surface area contributed by atoms with E-state index in [-0.39, 0.29) is 36.8 Å². The fourth-order valence-electron chi connectivity index (χ4n) is 5.56. The fraction of sp³-hybridized carbons (Fsp3) is 0.290. The minimum absolute atomic E-state index is 0.0224. The van der Waals surface area contributed by atoms with Crippen LogP contribution in [0, 0.1) is 6.92 Å². The number of amides is 3. The minimum atomic E-state index is -0.820. The predicted octanol–water partition coefficient (Wildman–Crippen LogP) is 5.75. The quantitative estimate of drug-likeness (QED) is 0.279. The molecule has 1 saturated heterocycles. The topological polar surface area (TPSA) is 79.8 Å². The summed E-state index contributed by atoms with van der Waals surface area (Å²) in [5, 5.41) is 0.885. The lowest BCUT2D eigenvalue weighted by molar-refractivity contribution is -0.142. The zero-order chi connectivity index (χ0) is 26.9. The number of hydrogen-bond donors (Lipinski definition) is 0. The van der Waals surface area contributed by atoms with Crippen molar-refractivity contribution in [2.75, 3.05) is 11.5 Å². The van der Waals surface area contributed by atoms with Crippen LogP contribution < -0.4 is 9.64 Å². The molecule has 3 aromatic carbocycles. The van der Waals surface area contributed by atoms with Crippen molar-refractivity contribution in [3.63, 3.8) is 0 Å². The van der Waals surface area contributed by atoms with Crippen LogP contribution in [0.4, 0.5) is 5.69 Å². The number of nitrogens with zero attached hydrogens (tertiary/aromatic N) is 3. The number of hydrogen-bond acceptors (Lipinski definition) is 6. The molecule has 6 rings (SSSR count). The van der Waals surface area contributed by atoms with E-state index in [0.29, 0.717) is 11.4 Å². The predicted molar refractivity (Wildman–Crippen MR) is 152 cm³/mol. The Bertz CT molecular complexity index is 1530. The van der Waals surface area contributed by atoms with Crippen LogP contribution in [-0.2, 0) is 14.4 Å². The normalized spacial score (nSPS) is 17.8. The Balaban J connectivity index is 1.21. The molecule has 2 aliphatic rings. The van der Waals surface area contributed by atoms with Crippen LogP contribution in [0.1, 0.15) is 37.7 Å². The smallest absolute Gasteiger partial charge is 0.261 e. The summed E-state index contributed by atoms with van der Waals surface area (Å²) in [6.45, 7) is 1.89. The van der Waals surface area contributed by atoms with Gasteiger partial charge in [-0.3, -0.25) is 14.4 Å². The lowest BCUT2D eigenvalue weighted by atomic mass is 10.1. The Morgan fingerprint density at radius 1 is 1.03 bits per heavy atom. The molecule has 0 spiro atoms. The molecule has 1 saturated carbocycles. The molecule has 1 atom stereocenters. The molecule has 198 valence electrons. The molecule has 1 aliphatic carbocycles. The van der Waals surface area contributed by atoms with Crippen molar-refractivity contribution in [2.24, 2.45) is 0 Å². The Hall–Kier alpha value is -4.04. The summed E-state index contributed by atoms with van der Waals surface area (Å²) >= 11 is 1.61. The van der Waals surface area contributed by atoms with Gasteiger partial charge in [0.15, 0.2) is 6.61 Å². The lowest BCUT2D eigenvalue weighted by Crippen LogP contribution is -2.51. The van der Waals surface area contributed by atoms with Crippen molar-refractivity contribution >= 4 is 45.0 Å². The zero-order valence-corrected chi connectivity index (χ0v) is 22.5. The molecule has 0 bridgehead atoms. The monoisotopic (exact) mass is 539 g/mol. The van der Waals surface area contributed by atoms with E-state index in [1.165, 1.54) is 10.5 Å². The Morgan fingerprint density at radius 3 is 2.51 bits per heavy atom. The first-order valence-corrected chi connectivity index (χ1v) is 14.1. The SMILES string of the molecule is Cc1ccc2nc(-c3ccc(N4C(=O)CC(N(C(=O)COc5ccccc5)C5CCCC5)C4=O)cc3)sc2c1. The summed E-state index contributed by atoms with van der Waals surface area (Å²) in [6, 6.07) is 21.8. The molecule has 1 aliphatic heterocycles. The number of carbonyl (C=O) groups is 3. The standard InChI is InChI=1S/C31H29N3O4S/c1-20-11-16-25-27(17-20)39-30(32-25)21-12-14-23(15-13-21)34-28(35)18-26(31(34)37)33(22-7-5-6-8-22)29(36)19-38-24-9-3-2-4-10-24/h2-4,9-17,22,26H,5-8,18-19H2,1H3. The molecule has 2 heterocycles. The summed E-state index contributed by atoms with van der Waals surface area (Å²) in [4.78, 5) is 47.8. The first kappa shape index (κ1) is 25.2. The average molecular weight is 540 g/mol. The number of imide groups is 1. The van der Waals surface area contributed by atoms with Gasteiger partial charge in [-0.1, -0.05) is 37.1 Å². The van der Waals surface area contributed by atoms with Gasteiger partial charge in [0.1, 0.15) is 16.8 Å². The van der Waals surface area contributed by atoms with Gasteiger partial charge in [0.2, 0.25) is 5.91 Å². The highest BCUT2D eigenvalue weighted by Crippen LogP contribution is 2.35. The van der Waals surface area contributed by atoms with Crippen molar-refractivity contribution in [3.8, 4) is 16.3 Å². The number of thiazole rings is 1. The molecular weight excluding hydrogens is 510 g/mol. The number of anilines is 1. The number of carbonyl (C=O) groups excluding carboxylic acids is 3. The maximum atomic E-state index is 13.7. The van der Waals surface area contributed by atoms with E-state index >= 15 is 0 Å². The third-order valence-electron chi connectivity index (χ3n) is 7.49. The van der Waals surface area contributed by atoms with Crippen molar-refractivity contribution in [1.29, 1.82) is 0 Å². The van der Waals surface area contributed by atoms with E-state index < -0.39 is 6.04 Å². The molecule has 8 heteroatoms. The number of benzene rings is 3. The van der Waals surface area contributed by atoms with E-state index in [1.54, 1.807) is 40.5 Å². The van der Waals surface area contributed by atoms with Crippen LogP contribution in [0.2, 0.25) is 0 Å². The van der Waals surface area contributed by atoms with E-state index in [1.807, 2.05) is 42.5 Å². The molecule has 0 N–H and O–H groups in total. The van der Waals surface area contributed by atoms with E-state index in [4.69, 9.17) is 9.72 Å². The second-order valence-electron chi connectivity index (χ2n) is 10.2. The number of aromatic nitrogens is 1. The largest absolute Gasteiger partial charge is 0.484 e. The van der Waals surface area contributed by atoms with E-state index in [9.17, 15) is 14.4 Å². The highest BCUT2D eigenvalue weighted by atomic mass is 32.1. The fourth-order valence-corrected chi connectivity index (χ4v) is 6.63. The number of rotatable bonds is 7. The lowest BCUT2D eigenvalue weighted by Gasteiger charge is -2.33. The van der Waals surface area contributed by atoms with Crippen molar-refractivity contribution in [2.45, 2.75) is 51.1 Å². The molecule has 4 aromatic rings. The van der Waals surface area contributed by atoms with Crippen LogP contribution in [0.15, 0.2) is 72.8 Å². The molecular formula is C31H29N3O4S. The molecule has 3 amide bonds.